The molecule has 0 unspecified atom stereocenters. The van der Waals surface area contributed by atoms with Crippen molar-refractivity contribution < 1.29 is 0 Å². The average molecular weight is 182 g/mol. The lowest BCUT2D eigenvalue weighted by Crippen LogP contribution is -1.74. The van der Waals surface area contributed by atoms with Gasteiger partial charge in [0.1, 0.15) is 11.8 Å². The molecular weight excluding hydrogens is 172 g/mol. The molecule has 0 saturated carbocycles. The van der Waals surface area contributed by atoms with Crippen molar-refractivity contribution in [3.63, 3.8) is 0 Å². The van der Waals surface area contributed by atoms with Crippen LogP contribution in [0.2, 0.25) is 0 Å². The van der Waals surface area contributed by atoms with Crippen LogP contribution in [0, 0.1) is 18.3 Å². The highest BCUT2D eigenvalue weighted by molar-refractivity contribution is 5.64. The number of aromatic nitrogens is 1. The van der Waals surface area contributed by atoms with Crippen LogP contribution < -0.4 is 0 Å². The maximum absolute atomic E-state index is 8.66. The van der Waals surface area contributed by atoms with Gasteiger partial charge in [0.05, 0.1) is 0 Å². The standard InChI is InChI=1S/C12H10N2/c1-9-2-4-10(5-3-9)11-6-12(7-13)14-8-11/h2-6,8,14H,1H3. The zero-order valence-corrected chi connectivity index (χ0v) is 7.91. The van der Waals surface area contributed by atoms with Crippen LogP contribution in [0.15, 0.2) is 36.5 Å². The largest absolute Gasteiger partial charge is 0.353 e. The minimum absolute atomic E-state index is 0.598. The monoisotopic (exact) mass is 182 g/mol. The molecule has 1 N–H and O–H groups in total. The Labute approximate surface area is 82.8 Å². The van der Waals surface area contributed by atoms with Crippen molar-refractivity contribution in [1.82, 2.24) is 4.98 Å². The molecule has 0 fully saturated rings. The Morgan fingerprint density at radius 1 is 1.14 bits per heavy atom. The molecule has 0 spiro atoms. The van der Waals surface area contributed by atoms with Gasteiger partial charge in [0.15, 0.2) is 0 Å². The SMILES string of the molecule is Cc1ccc(-c2c[nH]c(C#N)c2)cc1. The Morgan fingerprint density at radius 2 is 1.86 bits per heavy atom. The summed E-state index contributed by atoms with van der Waals surface area (Å²) in [6, 6.07) is 12.2. The molecule has 2 rings (SSSR count). The number of nitrogens with zero attached hydrogens (tertiary/aromatic N) is 1. The van der Waals surface area contributed by atoms with Gasteiger partial charge in [-0.3, -0.25) is 0 Å². The van der Waals surface area contributed by atoms with Gasteiger partial charge in [-0.2, -0.15) is 5.26 Å². The Hall–Kier alpha value is -2.01. The molecule has 1 aromatic carbocycles. The number of hydrogen-bond acceptors (Lipinski definition) is 1. The lowest BCUT2D eigenvalue weighted by Gasteiger charge is -1.97. The molecule has 2 aromatic rings. The highest BCUT2D eigenvalue weighted by Crippen LogP contribution is 2.20. The second-order valence-electron chi connectivity index (χ2n) is 3.28. The molecule has 0 saturated heterocycles. The number of rotatable bonds is 1. The highest BCUT2D eigenvalue weighted by atomic mass is 14.7. The van der Waals surface area contributed by atoms with Crippen molar-refractivity contribution in [1.29, 1.82) is 5.26 Å². The summed E-state index contributed by atoms with van der Waals surface area (Å²) in [5.41, 5.74) is 4.03. The molecule has 1 heterocycles. The normalized spacial score (nSPS) is 9.71. The van der Waals surface area contributed by atoms with Crippen molar-refractivity contribution in [3.05, 3.63) is 47.8 Å². The summed E-state index contributed by atoms with van der Waals surface area (Å²) in [6.07, 6.45) is 1.85. The minimum atomic E-state index is 0.598. The fourth-order valence-electron chi connectivity index (χ4n) is 1.37. The Balaban J connectivity index is 2.40. The first kappa shape index (κ1) is 8.58. The summed E-state index contributed by atoms with van der Waals surface area (Å²) in [7, 11) is 0. The first-order valence-corrected chi connectivity index (χ1v) is 4.45. The van der Waals surface area contributed by atoms with Crippen LogP contribution in [0.3, 0.4) is 0 Å². The van der Waals surface area contributed by atoms with Crippen LogP contribution in [0.5, 0.6) is 0 Å². The molecule has 0 aliphatic carbocycles. The molecule has 0 amide bonds. The summed E-state index contributed by atoms with van der Waals surface area (Å²) in [6.45, 7) is 2.06. The number of nitriles is 1. The van der Waals surface area contributed by atoms with E-state index >= 15 is 0 Å². The summed E-state index contributed by atoms with van der Waals surface area (Å²) in [4.78, 5) is 2.91. The zero-order chi connectivity index (χ0) is 9.97. The van der Waals surface area contributed by atoms with E-state index in [1.165, 1.54) is 5.56 Å². The smallest absolute Gasteiger partial charge is 0.118 e. The third-order valence-electron chi connectivity index (χ3n) is 2.19. The van der Waals surface area contributed by atoms with Crippen molar-refractivity contribution in [2.24, 2.45) is 0 Å². The lowest BCUT2D eigenvalue weighted by atomic mass is 10.1. The van der Waals surface area contributed by atoms with Gasteiger partial charge < -0.3 is 4.98 Å². The maximum Gasteiger partial charge on any atom is 0.118 e. The van der Waals surface area contributed by atoms with Crippen LogP contribution in [-0.4, -0.2) is 4.98 Å². The minimum Gasteiger partial charge on any atom is -0.353 e. The summed E-state index contributed by atoms with van der Waals surface area (Å²) in [5, 5.41) is 8.66. The predicted octanol–water partition coefficient (Wildman–Crippen LogP) is 2.86. The van der Waals surface area contributed by atoms with Crippen molar-refractivity contribution in [3.8, 4) is 17.2 Å². The van der Waals surface area contributed by atoms with E-state index in [1.54, 1.807) is 0 Å². The van der Waals surface area contributed by atoms with Crippen LogP contribution in [0.1, 0.15) is 11.3 Å². The number of H-pyrrole nitrogens is 1. The lowest BCUT2D eigenvalue weighted by molar-refractivity contribution is 1.33. The third-order valence-corrected chi connectivity index (χ3v) is 2.19. The van der Waals surface area contributed by atoms with E-state index in [2.05, 4.69) is 42.2 Å². The zero-order valence-electron chi connectivity index (χ0n) is 7.91. The molecule has 0 radical (unpaired) electrons. The Kier molecular flexibility index (Phi) is 2.08. The Bertz CT molecular complexity index is 472. The van der Waals surface area contributed by atoms with Gasteiger partial charge in [-0.1, -0.05) is 29.8 Å². The molecule has 0 aliphatic heterocycles. The highest BCUT2D eigenvalue weighted by Gasteiger charge is 2.00. The second-order valence-corrected chi connectivity index (χ2v) is 3.28. The van der Waals surface area contributed by atoms with Gasteiger partial charge in [-0.05, 0) is 18.6 Å². The van der Waals surface area contributed by atoms with E-state index < -0.39 is 0 Å². The topological polar surface area (TPSA) is 39.6 Å². The fourth-order valence-corrected chi connectivity index (χ4v) is 1.37. The van der Waals surface area contributed by atoms with E-state index in [4.69, 9.17) is 5.26 Å². The van der Waals surface area contributed by atoms with E-state index in [-0.39, 0.29) is 0 Å². The predicted molar refractivity (Wildman–Crippen MR) is 55.7 cm³/mol. The van der Waals surface area contributed by atoms with Gasteiger partial charge in [0, 0.05) is 11.8 Å². The first-order valence-electron chi connectivity index (χ1n) is 4.45. The number of aromatic amines is 1. The van der Waals surface area contributed by atoms with Gasteiger partial charge in [0.25, 0.3) is 0 Å². The molecule has 0 atom stereocenters. The van der Waals surface area contributed by atoms with E-state index in [1.807, 2.05) is 12.3 Å². The number of nitrogens with one attached hydrogen (secondary N) is 1. The van der Waals surface area contributed by atoms with E-state index in [9.17, 15) is 0 Å². The molecule has 14 heavy (non-hydrogen) atoms. The molecule has 0 aliphatic rings. The molecule has 1 aromatic heterocycles. The van der Waals surface area contributed by atoms with Gasteiger partial charge in [-0.25, -0.2) is 0 Å². The summed E-state index contributed by atoms with van der Waals surface area (Å²) in [5.74, 6) is 0. The fraction of sp³-hybridized carbons (Fsp3) is 0.0833. The van der Waals surface area contributed by atoms with Crippen LogP contribution in [-0.2, 0) is 0 Å². The number of benzene rings is 1. The van der Waals surface area contributed by atoms with Crippen molar-refractivity contribution >= 4 is 0 Å². The molecule has 2 nitrogen and oxygen atoms in total. The summed E-state index contributed by atoms with van der Waals surface area (Å²) < 4.78 is 0. The molecule has 68 valence electrons. The average Bonchev–Trinajstić information content (AvgIpc) is 2.67. The van der Waals surface area contributed by atoms with Crippen LogP contribution >= 0.6 is 0 Å². The Morgan fingerprint density at radius 3 is 2.43 bits per heavy atom. The van der Waals surface area contributed by atoms with Crippen LogP contribution in [0.25, 0.3) is 11.1 Å². The van der Waals surface area contributed by atoms with E-state index in [0.29, 0.717) is 5.69 Å². The van der Waals surface area contributed by atoms with Crippen molar-refractivity contribution in [2.75, 3.05) is 0 Å². The number of aryl methyl sites for hydroxylation is 1. The van der Waals surface area contributed by atoms with Gasteiger partial charge in [0.2, 0.25) is 0 Å². The molecule has 0 bridgehead atoms. The van der Waals surface area contributed by atoms with Gasteiger partial charge >= 0.3 is 0 Å². The first-order chi connectivity index (χ1) is 6.79. The van der Waals surface area contributed by atoms with Crippen molar-refractivity contribution in [2.45, 2.75) is 6.92 Å². The van der Waals surface area contributed by atoms with Gasteiger partial charge in [-0.15, -0.1) is 0 Å². The second kappa shape index (κ2) is 3.39. The third kappa shape index (κ3) is 1.53. The van der Waals surface area contributed by atoms with E-state index in [0.717, 1.165) is 11.1 Å². The molecular formula is C12H10N2. The maximum atomic E-state index is 8.66. The quantitative estimate of drug-likeness (QED) is 0.723. The molecule has 2 heteroatoms. The summed E-state index contributed by atoms with van der Waals surface area (Å²) >= 11 is 0. The van der Waals surface area contributed by atoms with Crippen LogP contribution in [0.4, 0.5) is 0 Å². The number of hydrogen-bond donors (Lipinski definition) is 1.